The van der Waals surface area contributed by atoms with Gasteiger partial charge in [-0.2, -0.15) is 0 Å². The zero-order valence-electron chi connectivity index (χ0n) is 14.7. The maximum atomic E-state index is 9.93. The Kier molecular flexibility index (Phi) is 5.96. The van der Waals surface area contributed by atoms with E-state index in [0.717, 1.165) is 11.1 Å². The molecular weight excluding hydrogens is 304 g/mol. The SMILES string of the molecule is CCOc1cc(C(c2ccc(O)c(OCC)c2)C(C)C)ccc1O. The molecule has 0 heterocycles. The molecule has 0 aliphatic heterocycles. The van der Waals surface area contributed by atoms with Gasteiger partial charge < -0.3 is 19.7 Å². The highest BCUT2D eigenvalue weighted by molar-refractivity contribution is 5.49. The van der Waals surface area contributed by atoms with E-state index in [1.807, 2.05) is 38.1 Å². The normalized spacial score (nSPS) is 11.1. The van der Waals surface area contributed by atoms with Crippen molar-refractivity contribution in [1.29, 1.82) is 0 Å². The highest BCUT2D eigenvalue weighted by atomic mass is 16.5. The molecule has 24 heavy (non-hydrogen) atoms. The van der Waals surface area contributed by atoms with Gasteiger partial charge in [-0.05, 0) is 55.2 Å². The third-order valence-corrected chi connectivity index (χ3v) is 3.95. The summed E-state index contributed by atoms with van der Waals surface area (Å²) in [6, 6.07) is 10.9. The number of hydrogen-bond acceptors (Lipinski definition) is 4. The van der Waals surface area contributed by atoms with Gasteiger partial charge in [-0.3, -0.25) is 0 Å². The Morgan fingerprint density at radius 1 is 0.792 bits per heavy atom. The van der Waals surface area contributed by atoms with E-state index in [9.17, 15) is 10.2 Å². The van der Waals surface area contributed by atoms with Gasteiger partial charge in [-0.15, -0.1) is 0 Å². The Morgan fingerprint density at radius 2 is 1.21 bits per heavy atom. The molecule has 0 atom stereocenters. The molecule has 130 valence electrons. The molecule has 4 nitrogen and oxygen atoms in total. The molecular formula is C20H26O4. The number of phenols is 2. The second-order valence-corrected chi connectivity index (χ2v) is 6.04. The first kappa shape index (κ1) is 18.0. The number of phenolic OH excluding ortho intramolecular Hbond substituents is 2. The number of ether oxygens (including phenoxy) is 2. The van der Waals surface area contributed by atoms with Crippen molar-refractivity contribution in [2.45, 2.75) is 33.6 Å². The Hall–Kier alpha value is -2.36. The van der Waals surface area contributed by atoms with Gasteiger partial charge in [0.25, 0.3) is 0 Å². The van der Waals surface area contributed by atoms with E-state index in [-0.39, 0.29) is 17.4 Å². The van der Waals surface area contributed by atoms with Crippen molar-refractivity contribution in [2.75, 3.05) is 13.2 Å². The molecule has 2 N–H and O–H groups in total. The Balaban J connectivity index is 2.47. The fraction of sp³-hybridized carbons (Fsp3) is 0.400. The Morgan fingerprint density at radius 3 is 1.54 bits per heavy atom. The van der Waals surface area contributed by atoms with E-state index in [1.54, 1.807) is 12.1 Å². The van der Waals surface area contributed by atoms with Crippen LogP contribution in [0.3, 0.4) is 0 Å². The highest BCUT2D eigenvalue weighted by Crippen LogP contribution is 2.39. The minimum Gasteiger partial charge on any atom is -0.504 e. The molecule has 4 heteroatoms. The van der Waals surface area contributed by atoms with Crippen molar-refractivity contribution in [1.82, 2.24) is 0 Å². The lowest BCUT2D eigenvalue weighted by Crippen LogP contribution is -2.09. The molecule has 2 rings (SSSR count). The standard InChI is InChI=1S/C20H26O4/c1-5-23-18-11-14(7-9-16(18)21)20(13(3)4)15-8-10-17(22)19(12-15)24-6-2/h7-13,20-22H,5-6H2,1-4H3. The van der Waals surface area contributed by atoms with Crippen molar-refractivity contribution in [3.05, 3.63) is 47.5 Å². The summed E-state index contributed by atoms with van der Waals surface area (Å²) in [5, 5.41) is 19.9. The molecule has 0 amide bonds. The van der Waals surface area contributed by atoms with Crippen LogP contribution >= 0.6 is 0 Å². The lowest BCUT2D eigenvalue weighted by Gasteiger charge is -2.23. The predicted molar refractivity (Wildman–Crippen MR) is 95.2 cm³/mol. The maximum absolute atomic E-state index is 9.93. The average molecular weight is 330 g/mol. The van der Waals surface area contributed by atoms with E-state index in [4.69, 9.17) is 9.47 Å². The molecule has 0 bridgehead atoms. The molecule has 0 spiro atoms. The largest absolute Gasteiger partial charge is 0.504 e. The number of hydrogen-bond donors (Lipinski definition) is 2. The van der Waals surface area contributed by atoms with Gasteiger partial charge in [0.1, 0.15) is 0 Å². The zero-order chi connectivity index (χ0) is 17.7. The van der Waals surface area contributed by atoms with Crippen LogP contribution in [0.15, 0.2) is 36.4 Å². The molecule has 2 aromatic rings. The summed E-state index contributed by atoms with van der Waals surface area (Å²) in [4.78, 5) is 0. The second-order valence-electron chi connectivity index (χ2n) is 6.04. The molecule has 0 fully saturated rings. The first-order valence-electron chi connectivity index (χ1n) is 8.39. The second kappa shape index (κ2) is 7.95. The first-order valence-corrected chi connectivity index (χ1v) is 8.39. The minimum absolute atomic E-state index is 0.101. The summed E-state index contributed by atoms with van der Waals surface area (Å²) in [6.07, 6.45) is 0. The fourth-order valence-corrected chi connectivity index (χ4v) is 2.95. The molecule has 2 aromatic carbocycles. The summed E-state index contributed by atoms with van der Waals surface area (Å²) >= 11 is 0. The van der Waals surface area contributed by atoms with Crippen molar-refractivity contribution in [3.63, 3.8) is 0 Å². The van der Waals surface area contributed by atoms with Crippen LogP contribution in [0, 0.1) is 5.92 Å². The van der Waals surface area contributed by atoms with Gasteiger partial charge >= 0.3 is 0 Å². The number of rotatable bonds is 7. The van der Waals surface area contributed by atoms with Crippen LogP contribution in [-0.4, -0.2) is 23.4 Å². The smallest absolute Gasteiger partial charge is 0.161 e. The van der Waals surface area contributed by atoms with E-state index in [2.05, 4.69) is 13.8 Å². The summed E-state index contributed by atoms with van der Waals surface area (Å²) in [5.74, 6) is 1.69. The van der Waals surface area contributed by atoms with E-state index >= 15 is 0 Å². The average Bonchev–Trinajstić information content (AvgIpc) is 2.54. The van der Waals surface area contributed by atoms with Crippen LogP contribution in [0.4, 0.5) is 0 Å². The fourth-order valence-electron chi connectivity index (χ4n) is 2.95. The Labute approximate surface area is 143 Å². The van der Waals surface area contributed by atoms with Crippen molar-refractivity contribution in [3.8, 4) is 23.0 Å². The molecule has 0 aliphatic carbocycles. The van der Waals surface area contributed by atoms with Crippen molar-refractivity contribution in [2.24, 2.45) is 5.92 Å². The minimum atomic E-state index is 0.101. The first-order chi connectivity index (χ1) is 11.5. The molecule has 0 aromatic heterocycles. The van der Waals surface area contributed by atoms with Gasteiger partial charge in [0.2, 0.25) is 0 Å². The molecule has 0 radical (unpaired) electrons. The summed E-state index contributed by atoms with van der Waals surface area (Å²) < 4.78 is 11.0. The molecule has 0 aliphatic rings. The third-order valence-electron chi connectivity index (χ3n) is 3.95. The van der Waals surface area contributed by atoms with Crippen LogP contribution < -0.4 is 9.47 Å². The van der Waals surface area contributed by atoms with E-state index in [0.29, 0.717) is 30.6 Å². The molecule has 0 unspecified atom stereocenters. The monoisotopic (exact) mass is 330 g/mol. The summed E-state index contributed by atoms with van der Waals surface area (Å²) in [7, 11) is 0. The van der Waals surface area contributed by atoms with E-state index < -0.39 is 0 Å². The van der Waals surface area contributed by atoms with Crippen LogP contribution in [-0.2, 0) is 0 Å². The van der Waals surface area contributed by atoms with Gasteiger partial charge in [0.15, 0.2) is 23.0 Å². The van der Waals surface area contributed by atoms with E-state index in [1.165, 1.54) is 0 Å². The summed E-state index contributed by atoms with van der Waals surface area (Å²) in [5.41, 5.74) is 2.11. The highest BCUT2D eigenvalue weighted by Gasteiger charge is 2.21. The van der Waals surface area contributed by atoms with Gasteiger partial charge in [-0.1, -0.05) is 26.0 Å². The Bertz CT molecular complexity index is 624. The lowest BCUT2D eigenvalue weighted by molar-refractivity contribution is 0.316. The van der Waals surface area contributed by atoms with Crippen LogP contribution in [0.1, 0.15) is 44.7 Å². The lowest BCUT2D eigenvalue weighted by atomic mass is 9.82. The topological polar surface area (TPSA) is 58.9 Å². The summed E-state index contributed by atoms with van der Waals surface area (Å²) in [6.45, 7) is 9.06. The molecule has 0 saturated carbocycles. The third kappa shape index (κ3) is 3.94. The van der Waals surface area contributed by atoms with Crippen LogP contribution in [0.2, 0.25) is 0 Å². The zero-order valence-corrected chi connectivity index (χ0v) is 14.7. The van der Waals surface area contributed by atoms with Gasteiger partial charge in [-0.25, -0.2) is 0 Å². The number of aromatic hydroxyl groups is 2. The molecule has 0 saturated heterocycles. The van der Waals surface area contributed by atoms with Gasteiger partial charge in [0.05, 0.1) is 13.2 Å². The van der Waals surface area contributed by atoms with Crippen molar-refractivity contribution >= 4 is 0 Å². The quantitative estimate of drug-likeness (QED) is 0.773. The van der Waals surface area contributed by atoms with Crippen LogP contribution in [0.25, 0.3) is 0 Å². The van der Waals surface area contributed by atoms with Gasteiger partial charge in [0, 0.05) is 5.92 Å². The van der Waals surface area contributed by atoms with Crippen molar-refractivity contribution < 1.29 is 19.7 Å². The van der Waals surface area contributed by atoms with Crippen LogP contribution in [0.5, 0.6) is 23.0 Å². The number of benzene rings is 2. The predicted octanol–water partition coefficient (Wildman–Crippen LogP) is 4.68. The maximum Gasteiger partial charge on any atom is 0.161 e.